The molecule has 1 atom stereocenters. The van der Waals surface area contributed by atoms with Gasteiger partial charge in [-0.15, -0.1) is 0 Å². The summed E-state index contributed by atoms with van der Waals surface area (Å²) < 4.78 is 17.8. The highest BCUT2D eigenvalue weighted by atomic mass is 32.2. The standard InChI is InChI=1S/C13H17FN2O3S/c1-19-13(18)9-4-3-8(14)7-11(9)16-12(17)10(15)5-6-20-2/h3-4,7,10H,5-6,15H2,1-2H3,(H,16,17)/t10-/m1/s1. The monoisotopic (exact) mass is 300 g/mol. The first-order valence-electron chi connectivity index (χ1n) is 5.92. The molecule has 0 spiro atoms. The maximum Gasteiger partial charge on any atom is 0.339 e. The van der Waals surface area contributed by atoms with E-state index in [1.54, 1.807) is 11.8 Å². The number of carbonyl (C=O) groups is 2. The number of halogens is 1. The Balaban J connectivity index is 2.87. The van der Waals surface area contributed by atoms with Crippen molar-refractivity contribution in [2.75, 3.05) is 24.4 Å². The molecule has 0 unspecified atom stereocenters. The van der Waals surface area contributed by atoms with Crippen molar-refractivity contribution in [2.45, 2.75) is 12.5 Å². The summed E-state index contributed by atoms with van der Waals surface area (Å²) in [6.45, 7) is 0. The van der Waals surface area contributed by atoms with E-state index in [9.17, 15) is 14.0 Å². The molecule has 3 N–H and O–H groups in total. The van der Waals surface area contributed by atoms with Crippen LogP contribution in [0, 0.1) is 5.82 Å². The van der Waals surface area contributed by atoms with E-state index in [0.29, 0.717) is 6.42 Å². The average Bonchev–Trinajstić information content (AvgIpc) is 2.44. The molecule has 110 valence electrons. The number of esters is 1. The van der Waals surface area contributed by atoms with E-state index in [-0.39, 0.29) is 11.3 Å². The van der Waals surface area contributed by atoms with Crippen LogP contribution in [0.1, 0.15) is 16.8 Å². The number of methoxy groups -OCH3 is 1. The molecule has 0 aliphatic heterocycles. The van der Waals surface area contributed by atoms with Crippen molar-refractivity contribution in [2.24, 2.45) is 5.73 Å². The van der Waals surface area contributed by atoms with Crippen molar-refractivity contribution in [3.8, 4) is 0 Å². The summed E-state index contributed by atoms with van der Waals surface area (Å²) in [6.07, 6.45) is 2.41. The van der Waals surface area contributed by atoms with Crippen molar-refractivity contribution in [3.05, 3.63) is 29.6 Å². The summed E-state index contributed by atoms with van der Waals surface area (Å²) in [5.74, 6) is -0.944. The summed E-state index contributed by atoms with van der Waals surface area (Å²) >= 11 is 1.57. The molecule has 1 amide bonds. The van der Waals surface area contributed by atoms with Crippen molar-refractivity contribution in [3.63, 3.8) is 0 Å². The van der Waals surface area contributed by atoms with Gasteiger partial charge in [0, 0.05) is 0 Å². The lowest BCUT2D eigenvalue weighted by molar-refractivity contribution is -0.117. The van der Waals surface area contributed by atoms with Gasteiger partial charge in [0.25, 0.3) is 0 Å². The predicted octanol–water partition coefficient (Wildman–Crippen LogP) is 1.63. The number of rotatable bonds is 6. The molecule has 0 aromatic heterocycles. The highest BCUT2D eigenvalue weighted by molar-refractivity contribution is 7.98. The van der Waals surface area contributed by atoms with Gasteiger partial charge in [-0.05, 0) is 36.6 Å². The Hall–Kier alpha value is -1.60. The van der Waals surface area contributed by atoms with Crippen LogP contribution < -0.4 is 11.1 Å². The Kier molecular flexibility index (Phi) is 6.47. The Labute approximate surface area is 121 Å². The molecule has 1 aromatic rings. The Morgan fingerprint density at radius 1 is 1.50 bits per heavy atom. The fraction of sp³-hybridized carbons (Fsp3) is 0.385. The van der Waals surface area contributed by atoms with E-state index >= 15 is 0 Å². The number of nitrogens with one attached hydrogen (secondary N) is 1. The van der Waals surface area contributed by atoms with Crippen LogP contribution >= 0.6 is 11.8 Å². The van der Waals surface area contributed by atoms with Gasteiger partial charge in [0.2, 0.25) is 5.91 Å². The molecule has 20 heavy (non-hydrogen) atoms. The highest BCUT2D eigenvalue weighted by Gasteiger charge is 2.18. The van der Waals surface area contributed by atoms with Crippen molar-refractivity contribution >= 4 is 29.3 Å². The topological polar surface area (TPSA) is 81.4 Å². The van der Waals surface area contributed by atoms with E-state index in [1.165, 1.54) is 13.2 Å². The summed E-state index contributed by atoms with van der Waals surface area (Å²) in [6, 6.07) is 2.72. The summed E-state index contributed by atoms with van der Waals surface area (Å²) in [5.41, 5.74) is 5.85. The second-order valence-electron chi connectivity index (χ2n) is 4.06. The minimum absolute atomic E-state index is 0.0569. The zero-order valence-electron chi connectivity index (χ0n) is 11.3. The lowest BCUT2D eigenvalue weighted by Crippen LogP contribution is -2.36. The van der Waals surface area contributed by atoms with Crippen LogP contribution in [-0.2, 0) is 9.53 Å². The zero-order chi connectivity index (χ0) is 15.1. The summed E-state index contributed by atoms with van der Waals surface area (Å²) in [5, 5.41) is 2.46. The number of ether oxygens (including phenoxy) is 1. The Morgan fingerprint density at radius 2 is 2.20 bits per heavy atom. The van der Waals surface area contributed by atoms with E-state index in [2.05, 4.69) is 10.1 Å². The number of amides is 1. The first-order valence-corrected chi connectivity index (χ1v) is 7.32. The van der Waals surface area contributed by atoms with E-state index < -0.39 is 23.7 Å². The maximum absolute atomic E-state index is 13.2. The molecule has 0 aliphatic rings. The summed E-state index contributed by atoms with van der Waals surface area (Å²) in [4.78, 5) is 23.4. The van der Waals surface area contributed by atoms with Gasteiger partial charge in [-0.1, -0.05) is 0 Å². The second-order valence-corrected chi connectivity index (χ2v) is 5.04. The molecule has 0 heterocycles. The van der Waals surface area contributed by atoms with Gasteiger partial charge in [-0.25, -0.2) is 9.18 Å². The van der Waals surface area contributed by atoms with E-state index in [4.69, 9.17) is 5.73 Å². The van der Waals surface area contributed by atoms with Crippen molar-refractivity contribution in [1.29, 1.82) is 0 Å². The number of benzene rings is 1. The molecular weight excluding hydrogens is 283 g/mol. The molecular formula is C13H17FN2O3S. The van der Waals surface area contributed by atoms with Crippen LogP contribution in [0.2, 0.25) is 0 Å². The van der Waals surface area contributed by atoms with Gasteiger partial charge >= 0.3 is 5.97 Å². The van der Waals surface area contributed by atoms with Crippen LogP contribution in [0.25, 0.3) is 0 Å². The van der Waals surface area contributed by atoms with Gasteiger partial charge in [0.15, 0.2) is 0 Å². The zero-order valence-corrected chi connectivity index (χ0v) is 12.1. The first kappa shape index (κ1) is 16.5. The average molecular weight is 300 g/mol. The third-order valence-electron chi connectivity index (χ3n) is 2.61. The van der Waals surface area contributed by atoms with E-state index in [1.807, 2.05) is 6.26 Å². The number of hydrogen-bond acceptors (Lipinski definition) is 5. The molecule has 0 aliphatic carbocycles. The van der Waals surface area contributed by atoms with Gasteiger partial charge in [-0.3, -0.25) is 4.79 Å². The molecule has 0 radical (unpaired) electrons. The SMILES string of the molecule is COC(=O)c1ccc(F)cc1NC(=O)[C@H](N)CCSC. The molecule has 0 fully saturated rings. The number of thioether (sulfide) groups is 1. The predicted molar refractivity (Wildman–Crippen MR) is 77.3 cm³/mol. The smallest absolute Gasteiger partial charge is 0.339 e. The lowest BCUT2D eigenvalue weighted by atomic mass is 10.1. The Bertz CT molecular complexity index is 497. The second kappa shape index (κ2) is 7.86. The number of hydrogen-bond donors (Lipinski definition) is 2. The normalized spacial score (nSPS) is 11.8. The third kappa shape index (κ3) is 4.50. The molecule has 0 bridgehead atoms. The molecule has 1 aromatic carbocycles. The van der Waals surface area contributed by atoms with Gasteiger partial charge in [-0.2, -0.15) is 11.8 Å². The summed E-state index contributed by atoms with van der Waals surface area (Å²) in [7, 11) is 1.21. The quantitative estimate of drug-likeness (QED) is 0.780. The molecule has 5 nitrogen and oxygen atoms in total. The van der Waals surface area contributed by atoms with Crippen molar-refractivity contribution < 1.29 is 18.7 Å². The van der Waals surface area contributed by atoms with Crippen molar-refractivity contribution in [1.82, 2.24) is 0 Å². The number of carbonyl (C=O) groups excluding carboxylic acids is 2. The van der Waals surface area contributed by atoms with Crippen LogP contribution in [0.3, 0.4) is 0 Å². The van der Waals surface area contributed by atoms with Crippen LogP contribution in [0.5, 0.6) is 0 Å². The number of anilines is 1. The fourth-order valence-corrected chi connectivity index (χ4v) is 2.00. The van der Waals surface area contributed by atoms with Gasteiger partial charge < -0.3 is 15.8 Å². The van der Waals surface area contributed by atoms with Crippen LogP contribution in [0.15, 0.2) is 18.2 Å². The number of nitrogens with two attached hydrogens (primary N) is 1. The lowest BCUT2D eigenvalue weighted by Gasteiger charge is -2.14. The van der Waals surface area contributed by atoms with Crippen LogP contribution in [0.4, 0.5) is 10.1 Å². The van der Waals surface area contributed by atoms with E-state index in [0.717, 1.165) is 17.9 Å². The molecule has 1 rings (SSSR count). The largest absolute Gasteiger partial charge is 0.465 e. The third-order valence-corrected chi connectivity index (χ3v) is 3.26. The molecule has 7 heteroatoms. The fourth-order valence-electron chi connectivity index (χ4n) is 1.51. The maximum atomic E-state index is 13.2. The minimum Gasteiger partial charge on any atom is -0.465 e. The highest BCUT2D eigenvalue weighted by Crippen LogP contribution is 2.18. The minimum atomic E-state index is -0.712. The molecule has 0 saturated heterocycles. The van der Waals surface area contributed by atoms with Gasteiger partial charge in [0.05, 0.1) is 24.4 Å². The molecule has 0 saturated carbocycles. The Morgan fingerprint density at radius 3 is 2.80 bits per heavy atom. The van der Waals surface area contributed by atoms with Crippen LogP contribution in [-0.4, -0.2) is 37.0 Å². The van der Waals surface area contributed by atoms with Gasteiger partial charge in [0.1, 0.15) is 5.82 Å². The first-order chi connectivity index (χ1) is 9.49.